The maximum absolute atomic E-state index is 12.9. The van der Waals surface area contributed by atoms with Crippen LogP contribution >= 0.6 is 0 Å². The Bertz CT molecular complexity index is 788. The summed E-state index contributed by atoms with van der Waals surface area (Å²) in [5, 5.41) is 5.30. The second kappa shape index (κ2) is 10.7. The Morgan fingerprint density at radius 2 is 1.55 bits per heavy atom. The van der Waals surface area contributed by atoms with E-state index in [1.54, 1.807) is 12.1 Å². The van der Waals surface area contributed by atoms with Crippen LogP contribution in [0.2, 0.25) is 0 Å². The molecule has 0 spiro atoms. The van der Waals surface area contributed by atoms with Crippen LogP contribution in [0.5, 0.6) is 0 Å². The van der Waals surface area contributed by atoms with Crippen LogP contribution in [-0.4, -0.2) is 42.9 Å². The van der Waals surface area contributed by atoms with Crippen molar-refractivity contribution in [3.63, 3.8) is 0 Å². The molecule has 1 saturated heterocycles. The van der Waals surface area contributed by atoms with Gasteiger partial charge in [-0.15, -0.1) is 0 Å². The van der Waals surface area contributed by atoms with Crippen LogP contribution < -0.4 is 10.6 Å². The number of halogens is 1. The second-order valence-corrected chi connectivity index (χ2v) is 7.54. The first-order valence-electron chi connectivity index (χ1n) is 10.2. The number of hydrogen-bond acceptors (Lipinski definition) is 3. The summed E-state index contributed by atoms with van der Waals surface area (Å²) < 4.78 is 12.9. The standard InChI is InChI=1S/C23H28FN3O2/c24-21-8-6-19(7-9-21)16-25-22(28)23(29)26-17-20-11-14-27(15-12-20)13-10-18-4-2-1-3-5-18/h1-9,20H,10-17H2,(H,25,28)(H,26,29). The van der Waals surface area contributed by atoms with E-state index >= 15 is 0 Å². The van der Waals surface area contributed by atoms with Crippen molar-refractivity contribution in [3.05, 3.63) is 71.5 Å². The Hall–Kier alpha value is -2.73. The highest BCUT2D eigenvalue weighted by molar-refractivity contribution is 6.35. The quantitative estimate of drug-likeness (QED) is 0.706. The lowest BCUT2D eigenvalue weighted by molar-refractivity contribution is -0.139. The van der Waals surface area contributed by atoms with Crippen LogP contribution in [0.4, 0.5) is 4.39 Å². The molecule has 0 aliphatic carbocycles. The van der Waals surface area contributed by atoms with Gasteiger partial charge in [0.05, 0.1) is 0 Å². The first kappa shape index (κ1) is 21.0. The molecule has 0 unspecified atom stereocenters. The molecule has 154 valence electrons. The number of piperidine rings is 1. The van der Waals surface area contributed by atoms with Gasteiger partial charge in [0.15, 0.2) is 0 Å². The molecule has 1 aliphatic rings. The highest BCUT2D eigenvalue weighted by atomic mass is 19.1. The maximum atomic E-state index is 12.9. The molecule has 1 aliphatic heterocycles. The van der Waals surface area contributed by atoms with Crippen molar-refractivity contribution in [3.8, 4) is 0 Å². The molecule has 2 aromatic rings. The van der Waals surface area contributed by atoms with E-state index in [2.05, 4.69) is 39.8 Å². The molecule has 2 N–H and O–H groups in total. The first-order valence-corrected chi connectivity index (χ1v) is 10.2. The van der Waals surface area contributed by atoms with Gasteiger partial charge in [-0.3, -0.25) is 9.59 Å². The molecule has 5 nitrogen and oxygen atoms in total. The normalized spacial score (nSPS) is 15.1. The maximum Gasteiger partial charge on any atom is 0.309 e. The van der Waals surface area contributed by atoms with Gasteiger partial charge in [-0.25, -0.2) is 4.39 Å². The smallest absolute Gasteiger partial charge is 0.309 e. The molecular weight excluding hydrogens is 369 g/mol. The van der Waals surface area contributed by atoms with Crippen molar-refractivity contribution < 1.29 is 14.0 Å². The number of rotatable bonds is 7. The summed E-state index contributed by atoms with van der Waals surface area (Å²) >= 11 is 0. The third-order valence-electron chi connectivity index (χ3n) is 5.39. The summed E-state index contributed by atoms with van der Waals surface area (Å²) in [5.41, 5.74) is 2.10. The lowest BCUT2D eigenvalue weighted by Gasteiger charge is -2.32. The summed E-state index contributed by atoms with van der Waals surface area (Å²) in [6.45, 7) is 3.81. The minimum atomic E-state index is -0.658. The summed E-state index contributed by atoms with van der Waals surface area (Å²) in [7, 11) is 0. The summed E-state index contributed by atoms with van der Waals surface area (Å²) in [5.74, 6) is -1.20. The molecule has 29 heavy (non-hydrogen) atoms. The average Bonchev–Trinajstić information content (AvgIpc) is 2.77. The van der Waals surface area contributed by atoms with Gasteiger partial charge < -0.3 is 15.5 Å². The number of amides is 2. The number of carbonyl (C=O) groups is 2. The fourth-order valence-electron chi connectivity index (χ4n) is 3.53. The number of nitrogens with one attached hydrogen (secondary N) is 2. The van der Waals surface area contributed by atoms with E-state index in [9.17, 15) is 14.0 Å². The van der Waals surface area contributed by atoms with Crippen molar-refractivity contribution in [2.75, 3.05) is 26.2 Å². The van der Waals surface area contributed by atoms with E-state index in [-0.39, 0.29) is 12.4 Å². The van der Waals surface area contributed by atoms with Crippen molar-refractivity contribution in [1.82, 2.24) is 15.5 Å². The zero-order valence-electron chi connectivity index (χ0n) is 16.6. The zero-order valence-corrected chi connectivity index (χ0v) is 16.6. The topological polar surface area (TPSA) is 61.4 Å². The Labute approximate surface area is 171 Å². The molecule has 2 amide bonds. The number of benzene rings is 2. The Morgan fingerprint density at radius 3 is 2.24 bits per heavy atom. The molecule has 0 atom stereocenters. The van der Waals surface area contributed by atoms with E-state index < -0.39 is 11.8 Å². The van der Waals surface area contributed by atoms with E-state index in [0.717, 1.165) is 44.5 Å². The minimum Gasteiger partial charge on any atom is -0.348 e. The minimum absolute atomic E-state index is 0.201. The fraction of sp³-hybridized carbons (Fsp3) is 0.391. The first-order chi connectivity index (χ1) is 14.1. The monoisotopic (exact) mass is 397 g/mol. The van der Waals surface area contributed by atoms with E-state index in [1.165, 1.54) is 17.7 Å². The van der Waals surface area contributed by atoms with Gasteiger partial charge in [0.25, 0.3) is 0 Å². The van der Waals surface area contributed by atoms with Gasteiger partial charge in [0.2, 0.25) is 0 Å². The zero-order chi connectivity index (χ0) is 20.5. The molecule has 0 radical (unpaired) electrons. The van der Waals surface area contributed by atoms with Gasteiger partial charge in [-0.2, -0.15) is 0 Å². The average molecular weight is 397 g/mol. The van der Waals surface area contributed by atoms with Gasteiger partial charge in [-0.1, -0.05) is 42.5 Å². The molecule has 0 bridgehead atoms. The SMILES string of the molecule is O=C(NCc1ccc(F)cc1)C(=O)NCC1CCN(CCc2ccccc2)CC1. The Morgan fingerprint density at radius 1 is 0.897 bits per heavy atom. The molecule has 1 heterocycles. The predicted molar refractivity (Wildman–Crippen MR) is 111 cm³/mol. The van der Waals surface area contributed by atoms with Gasteiger partial charge >= 0.3 is 11.8 Å². The van der Waals surface area contributed by atoms with Crippen LogP contribution in [0, 0.1) is 11.7 Å². The molecule has 1 fully saturated rings. The summed E-state index contributed by atoms with van der Waals surface area (Å²) in [6, 6.07) is 16.3. The number of carbonyl (C=O) groups excluding carboxylic acids is 2. The molecular formula is C23H28FN3O2. The molecule has 0 aromatic heterocycles. The van der Waals surface area contributed by atoms with Crippen molar-refractivity contribution >= 4 is 11.8 Å². The number of nitrogens with zero attached hydrogens (tertiary/aromatic N) is 1. The molecule has 2 aromatic carbocycles. The summed E-state index contributed by atoms with van der Waals surface area (Å²) in [6.07, 6.45) is 3.09. The Kier molecular flexibility index (Phi) is 7.76. The van der Waals surface area contributed by atoms with Crippen molar-refractivity contribution in [2.24, 2.45) is 5.92 Å². The third kappa shape index (κ3) is 6.98. The lowest BCUT2D eigenvalue weighted by Crippen LogP contribution is -2.43. The second-order valence-electron chi connectivity index (χ2n) is 7.54. The highest BCUT2D eigenvalue weighted by Gasteiger charge is 2.21. The van der Waals surface area contributed by atoms with E-state index in [4.69, 9.17) is 0 Å². The Balaban J connectivity index is 1.30. The lowest BCUT2D eigenvalue weighted by atomic mass is 9.96. The van der Waals surface area contributed by atoms with E-state index in [0.29, 0.717) is 12.5 Å². The van der Waals surface area contributed by atoms with E-state index in [1.807, 2.05) is 6.07 Å². The fourth-order valence-corrected chi connectivity index (χ4v) is 3.53. The van der Waals surface area contributed by atoms with Crippen LogP contribution in [0.25, 0.3) is 0 Å². The van der Waals surface area contributed by atoms with Crippen LogP contribution in [-0.2, 0) is 22.6 Å². The molecule has 0 saturated carbocycles. The number of likely N-dealkylation sites (tertiary alicyclic amines) is 1. The van der Waals surface area contributed by atoms with Gasteiger partial charge in [0, 0.05) is 19.6 Å². The van der Waals surface area contributed by atoms with Gasteiger partial charge in [0.1, 0.15) is 5.82 Å². The largest absolute Gasteiger partial charge is 0.348 e. The van der Waals surface area contributed by atoms with Crippen LogP contribution in [0.1, 0.15) is 24.0 Å². The van der Waals surface area contributed by atoms with Crippen LogP contribution in [0.3, 0.4) is 0 Å². The predicted octanol–water partition coefficient (Wildman–Crippen LogP) is 2.51. The number of hydrogen-bond donors (Lipinski definition) is 2. The highest BCUT2D eigenvalue weighted by Crippen LogP contribution is 2.16. The third-order valence-corrected chi connectivity index (χ3v) is 5.39. The summed E-state index contributed by atoms with van der Waals surface area (Å²) in [4.78, 5) is 26.4. The molecule has 6 heteroatoms. The van der Waals surface area contributed by atoms with Gasteiger partial charge in [-0.05, 0) is 61.5 Å². The molecule has 3 rings (SSSR count). The van der Waals surface area contributed by atoms with Crippen molar-refractivity contribution in [2.45, 2.75) is 25.8 Å². The van der Waals surface area contributed by atoms with Crippen molar-refractivity contribution in [1.29, 1.82) is 0 Å². The van der Waals surface area contributed by atoms with Crippen LogP contribution in [0.15, 0.2) is 54.6 Å².